The molecule has 33 heavy (non-hydrogen) atoms. The number of ether oxygens (including phenoxy) is 1. The highest BCUT2D eigenvalue weighted by atomic mass is 32.2. The first kappa shape index (κ1) is 23.5. The van der Waals surface area contributed by atoms with E-state index in [1.54, 1.807) is 6.92 Å². The number of nitrogens with zero attached hydrogens (tertiary/aromatic N) is 3. The Bertz CT molecular complexity index is 1140. The van der Waals surface area contributed by atoms with Gasteiger partial charge in [-0.25, -0.2) is 9.97 Å². The number of nitrogens with one attached hydrogen (secondary N) is 1. The molecule has 1 atom stereocenters. The normalized spacial score (nSPS) is 16.0. The number of hydrogen-bond donors (Lipinski definition) is 1. The van der Waals surface area contributed by atoms with Crippen molar-refractivity contribution in [3.63, 3.8) is 0 Å². The number of morpholine rings is 1. The number of fused-ring (bicyclic) bond motifs is 1. The zero-order chi connectivity index (χ0) is 23.4. The van der Waals surface area contributed by atoms with E-state index in [4.69, 9.17) is 9.72 Å². The van der Waals surface area contributed by atoms with E-state index in [-0.39, 0.29) is 5.69 Å². The number of halogens is 3. The molecule has 2 heterocycles. The predicted octanol–water partition coefficient (Wildman–Crippen LogP) is 4.60. The van der Waals surface area contributed by atoms with Crippen LogP contribution >= 0.6 is 11.8 Å². The maximum Gasteiger partial charge on any atom is 0.418 e. The van der Waals surface area contributed by atoms with E-state index in [0.29, 0.717) is 30.6 Å². The molecule has 174 valence electrons. The zero-order valence-corrected chi connectivity index (χ0v) is 18.7. The van der Waals surface area contributed by atoms with E-state index >= 15 is 0 Å². The lowest BCUT2D eigenvalue weighted by atomic mass is 10.1. The Balaban J connectivity index is 1.54. The van der Waals surface area contributed by atoms with Crippen molar-refractivity contribution < 1.29 is 22.7 Å². The van der Waals surface area contributed by atoms with Crippen LogP contribution in [0, 0.1) is 0 Å². The molecule has 0 aliphatic carbocycles. The largest absolute Gasteiger partial charge is 0.418 e. The van der Waals surface area contributed by atoms with Gasteiger partial charge in [0, 0.05) is 18.5 Å². The van der Waals surface area contributed by atoms with Crippen LogP contribution in [0.4, 0.5) is 18.9 Å². The third kappa shape index (κ3) is 5.82. The van der Waals surface area contributed by atoms with Crippen LogP contribution in [0.15, 0.2) is 53.6 Å². The first-order chi connectivity index (χ1) is 15.8. The number of amides is 1. The fourth-order valence-corrected chi connectivity index (χ4v) is 4.47. The maximum absolute atomic E-state index is 13.3. The molecular formula is C23H23F3N4O2S. The number of hydrogen-bond acceptors (Lipinski definition) is 6. The van der Waals surface area contributed by atoms with E-state index in [1.807, 2.05) is 24.3 Å². The fraction of sp³-hybridized carbons (Fsp3) is 0.348. The van der Waals surface area contributed by atoms with E-state index in [0.717, 1.165) is 30.1 Å². The van der Waals surface area contributed by atoms with Crippen molar-refractivity contribution >= 4 is 34.3 Å². The molecule has 6 nitrogen and oxygen atoms in total. The van der Waals surface area contributed by atoms with Crippen molar-refractivity contribution in [2.75, 3.05) is 31.6 Å². The number of rotatable bonds is 6. The third-order valence-corrected chi connectivity index (χ3v) is 6.33. The van der Waals surface area contributed by atoms with E-state index < -0.39 is 22.9 Å². The van der Waals surface area contributed by atoms with E-state index in [9.17, 15) is 18.0 Å². The van der Waals surface area contributed by atoms with Crippen molar-refractivity contribution in [2.45, 2.75) is 29.9 Å². The number of carbonyl (C=O) groups excluding carboxylic acids is 1. The van der Waals surface area contributed by atoms with Gasteiger partial charge in [0.05, 0.1) is 41.8 Å². The summed E-state index contributed by atoms with van der Waals surface area (Å²) in [6.45, 7) is 5.10. The Morgan fingerprint density at radius 1 is 1.12 bits per heavy atom. The average molecular weight is 477 g/mol. The molecular weight excluding hydrogens is 453 g/mol. The molecule has 3 aromatic rings. The second-order valence-corrected chi connectivity index (χ2v) is 8.97. The van der Waals surface area contributed by atoms with Gasteiger partial charge in [-0.2, -0.15) is 13.2 Å². The molecule has 1 unspecified atom stereocenters. The van der Waals surface area contributed by atoms with Gasteiger partial charge in [-0.15, -0.1) is 0 Å². The van der Waals surface area contributed by atoms with Crippen LogP contribution < -0.4 is 5.32 Å². The molecule has 1 N–H and O–H groups in total. The third-order valence-electron chi connectivity index (χ3n) is 5.23. The monoisotopic (exact) mass is 476 g/mol. The number of alkyl halides is 3. The van der Waals surface area contributed by atoms with Gasteiger partial charge in [-0.3, -0.25) is 9.69 Å². The highest BCUT2D eigenvalue weighted by Gasteiger charge is 2.34. The second-order valence-electron chi connectivity index (χ2n) is 7.64. The molecule has 1 aromatic heterocycles. The number of carbonyl (C=O) groups is 1. The Kier molecular flexibility index (Phi) is 7.16. The minimum Gasteiger partial charge on any atom is -0.379 e. The molecule has 0 saturated carbocycles. The van der Waals surface area contributed by atoms with Crippen molar-refractivity contribution in [2.24, 2.45) is 0 Å². The van der Waals surface area contributed by atoms with Crippen LogP contribution in [0.5, 0.6) is 0 Å². The summed E-state index contributed by atoms with van der Waals surface area (Å²) in [5, 5.41) is 3.16. The SMILES string of the molecule is CC(Sc1nc(CN2CCOCC2)nc2ccccc12)C(=O)Nc1ccccc1C(F)(F)F. The molecule has 1 amide bonds. The molecule has 1 aliphatic rings. The lowest BCUT2D eigenvalue weighted by Crippen LogP contribution is -2.36. The molecule has 1 fully saturated rings. The van der Waals surface area contributed by atoms with Crippen molar-refractivity contribution in [1.29, 1.82) is 0 Å². The van der Waals surface area contributed by atoms with Gasteiger partial charge in [-0.1, -0.05) is 42.1 Å². The standard InChI is InChI=1S/C23H23F3N4O2S/c1-15(21(31)28-19-9-5-3-7-17(19)23(24,25)26)33-22-16-6-2-4-8-18(16)27-20(29-22)14-30-10-12-32-13-11-30/h2-9,15H,10-14H2,1H3,(H,28,31). The summed E-state index contributed by atoms with van der Waals surface area (Å²) in [6.07, 6.45) is -4.56. The van der Waals surface area contributed by atoms with Crippen LogP contribution in [-0.2, 0) is 22.3 Å². The van der Waals surface area contributed by atoms with Crippen molar-refractivity contribution in [3.8, 4) is 0 Å². The molecule has 0 bridgehead atoms. The Morgan fingerprint density at radius 2 is 1.82 bits per heavy atom. The highest BCUT2D eigenvalue weighted by molar-refractivity contribution is 8.00. The van der Waals surface area contributed by atoms with Gasteiger partial charge in [0.2, 0.25) is 5.91 Å². The second kappa shape index (κ2) is 10.1. The molecule has 0 radical (unpaired) electrons. The topological polar surface area (TPSA) is 67.3 Å². The zero-order valence-electron chi connectivity index (χ0n) is 17.9. The molecule has 0 spiro atoms. The number of para-hydroxylation sites is 2. The minimum atomic E-state index is -4.56. The van der Waals surface area contributed by atoms with Crippen LogP contribution in [0.2, 0.25) is 0 Å². The van der Waals surface area contributed by atoms with Crippen molar-refractivity contribution in [3.05, 3.63) is 59.9 Å². The van der Waals surface area contributed by atoms with Gasteiger partial charge in [0.25, 0.3) is 0 Å². The minimum absolute atomic E-state index is 0.261. The summed E-state index contributed by atoms with van der Waals surface area (Å²) in [5.74, 6) is 0.0993. The summed E-state index contributed by atoms with van der Waals surface area (Å²) in [5.41, 5.74) is -0.382. The van der Waals surface area contributed by atoms with Gasteiger partial charge in [0.1, 0.15) is 10.9 Å². The summed E-state index contributed by atoms with van der Waals surface area (Å²) < 4.78 is 45.2. The Hall–Kier alpha value is -2.69. The molecule has 10 heteroatoms. The maximum atomic E-state index is 13.3. The first-order valence-corrected chi connectivity index (χ1v) is 11.4. The Morgan fingerprint density at radius 3 is 2.58 bits per heavy atom. The smallest absolute Gasteiger partial charge is 0.379 e. The Labute approximate surface area is 193 Å². The molecule has 2 aromatic carbocycles. The lowest BCUT2D eigenvalue weighted by Gasteiger charge is -2.26. The van der Waals surface area contributed by atoms with Gasteiger partial charge >= 0.3 is 6.18 Å². The van der Waals surface area contributed by atoms with Crippen molar-refractivity contribution in [1.82, 2.24) is 14.9 Å². The van der Waals surface area contributed by atoms with Crippen LogP contribution in [0.25, 0.3) is 10.9 Å². The number of anilines is 1. The fourth-order valence-electron chi connectivity index (χ4n) is 3.51. The van der Waals surface area contributed by atoms with Crippen LogP contribution in [-0.4, -0.2) is 52.3 Å². The first-order valence-electron chi connectivity index (χ1n) is 10.5. The summed E-state index contributed by atoms with van der Waals surface area (Å²) in [6, 6.07) is 12.4. The summed E-state index contributed by atoms with van der Waals surface area (Å²) in [4.78, 5) is 24.3. The van der Waals surface area contributed by atoms with E-state index in [1.165, 1.54) is 30.0 Å². The number of aromatic nitrogens is 2. The quantitative estimate of drug-likeness (QED) is 0.414. The highest BCUT2D eigenvalue weighted by Crippen LogP contribution is 2.35. The molecule has 1 saturated heterocycles. The molecule has 1 aliphatic heterocycles. The van der Waals surface area contributed by atoms with Crippen LogP contribution in [0.1, 0.15) is 18.3 Å². The van der Waals surface area contributed by atoms with E-state index in [2.05, 4.69) is 15.2 Å². The summed E-state index contributed by atoms with van der Waals surface area (Å²) >= 11 is 1.20. The van der Waals surface area contributed by atoms with Crippen LogP contribution in [0.3, 0.4) is 0 Å². The predicted molar refractivity (Wildman–Crippen MR) is 121 cm³/mol. The van der Waals surface area contributed by atoms with Gasteiger partial charge in [-0.05, 0) is 25.1 Å². The lowest BCUT2D eigenvalue weighted by molar-refractivity contribution is -0.137. The number of benzene rings is 2. The van der Waals surface area contributed by atoms with Gasteiger partial charge < -0.3 is 10.1 Å². The van der Waals surface area contributed by atoms with Gasteiger partial charge in [0.15, 0.2) is 0 Å². The average Bonchev–Trinajstić information content (AvgIpc) is 2.79. The number of thioether (sulfide) groups is 1. The molecule has 4 rings (SSSR count). The summed E-state index contributed by atoms with van der Waals surface area (Å²) in [7, 11) is 0.